The number of nitrogens with one attached hydrogen (secondary N) is 1. The van der Waals surface area contributed by atoms with E-state index in [1.54, 1.807) is 4.90 Å². The molecule has 1 aromatic carbocycles. The number of aromatic nitrogens is 2. The number of anilines is 2. The highest BCUT2D eigenvalue weighted by molar-refractivity contribution is 6.36. The minimum Gasteiger partial charge on any atom is -0.455 e. The molecule has 2 amide bonds. The third kappa shape index (κ3) is 5.38. The number of rotatable bonds is 3. The van der Waals surface area contributed by atoms with Crippen LogP contribution in [0.2, 0.25) is 0 Å². The summed E-state index contributed by atoms with van der Waals surface area (Å²) in [6.07, 6.45) is 5.01. The molecule has 0 atom stereocenters. The zero-order valence-corrected chi connectivity index (χ0v) is 22.3. The topological polar surface area (TPSA) is 96.9 Å². The Morgan fingerprint density at radius 1 is 1.19 bits per heavy atom. The Morgan fingerprint density at radius 3 is 2.76 bits per heavy atom. The Morgan fingerprint density at radius 2 is 2.00 bits per heavy atom. The van der Waals surface area contributed by atoms with Crippen LogP contribution in [-0.2, 0) is 17.7 Å². The summed E-state index contributed by atoms with van der Waals surface area (Å²) >= 11 is 12.7. The third-order valence-corrected chi connectivity index (χ3v) is 6.83. The molecule has 1 aromatic heterocycles. The van der Waals surface area contributed by atoms with Gasteiger partial charge in [0.15, 0.2) is 6.73 Å². The first-order valence-electron chi connectivity index (χ1n) is 12.0. The number of hydrogen-bond acceptors (Lipinski definition) is 7. The summed E-state index contributed by atoms with van der Waals surface area (Å²) in [5, 5.41) is 4.11. The molecular formula is C26H27Cl2N5O4. The van der Waals surface area contributed by atoms with Crippen LogP contribution in [0.3, 0.4) is 0 Å². The monoisotopic (exact) mass is 543 g/mol. The number of carbonyl (C=O) groups excluding carboxylic acids is 2. The molecule has 0 unspecified atom stereocenters. The lowest BCUT2D eigenvalue weighted by atomic mass is 9.99. The van der Waals surface area contributed by atoms with E-state index >= 15 is 0 Å². The number of fused-ring (bicyclic) bond motifs is 2. The summed E-state index contributed by atoms with van der Waals surface area (Å²) in [6.45, 7) is 6.56. The van der Waals surface area contributed by atoms with Crippen molar-refractivity contribution in [3.8, 4) is 5.88 Å². The molecular weight excluding hydrogens is 517 g/mol. The standard InChI is InChI=1S/C26H27Cl2N5O4/c1-26(2,3)37-25(35)32-10-9-15-7-8-17(11-16(15)13-32)30-24-29-12-18-22(31-24)36-14-33(23(18)34)21-19(27)5-4-6-20(21)28/h5,7-8,11-12H,4,6,9-10,13-14H2,1-3H3,(H,29,30,31). The van der Waals surface area contributed by atoms with E-state index in [0.717, 1.165) is 24.1 Å². The molecule has 3 aliphatic rings. The predicted octanol–water partition coefficient (Wildman–Crippen LogP) is 5.67. The summed E-state index contributed by atoms with van der Waals surface area (Å²) in [6, 6.07) is 5.93. The predicted molar refractivity (Wildman–Crippen MR) is 140 cm³/mol. The lowest BCUT2D eigenvalue weighted by Crippen LogP contribution is -2.39. The average molecular weight is 544 g/mol. The van der Waals surface area contributed by atoms with Gasteiger partial charge in [-0.25, -0.2) is 9.78 Å². The summed E-state index contributed by atoms with van der Waals surface area (Å²) in [4.78, 5) is 37.5. The summed E-state index contributed by atoms with van der Waals surface area (Å²) in [5.74, 6) is 0.137. The minimum atomic E-state index is -0.548. The minimum absolute atomic E-state index is 0.0583. The van der Waals surface area contributed by atoms with Gasteiger partial charge in [0.2, 0.25) is 11.8 Å². The van der Waals surface area contributed by atoms with Crippen LogP contribution in [0, 0.1) is 0 Å². The molecule has 0 fully saturated rings. The highest BCUT2D eigenvalue weighted by atomic mass is 35.5. The van der Waals surface area contributed by atoms with Crippen LogP contribution in [0.5, 0.6) is 5.88 Å². The molecule has 1 N–H and O–H groups in total. The number of allylic oxidation sites excluding steroid dienone is 3. The van der Waals surface area contributed by atoms with Crippen molar-refractivity contribution < 1.29 is 19.1 Å². The van der Waals surface area contributed by atoms with Crippen molar-refractivity contribution in [2.75, 3.05) is 18.6 Å². The molecule has 1 aliphatic carbocycles. The Hall–Kier alpha value is -3.30. The van der Waals surface area contributed by atoms with Crippen molar-refractivity contribution >= 4 is 46.8 Å². The van der Waals surface area contributed by atoms with Gasteiger partial charge in [0.05, 0.1) is 10.7 Å². The quantitative estimate of drug-likeness (QED) is 0.532. The Bertz CT molecular complexity index is 1330. The van der Waals surface area contributed by atoms with Gasteiger partial charge in [-0.2, -0.15) is 4.98 Å². The van der Waals surface area contributed by atoms with Gasteiger partial charge in [0.1, 0.15) is 11.2 Å². The lowest BCUT2D eigenvalue weighted by Gasteiger charge is -2.31. The number of amides is 2. The fraction of sp³-hybridized carbons (Fsp3) is 0.385. The van der Waals surface area contributed by atoms with E-state index in [9.17, 15) is 9.59 Å². The zero-order chi connectivity index (χ0) is 26.3. The summed E-state index contributed by atoms with van der Waals surface area (Å²) < 4.78 is 11.3. The maximum absolute atomic E-state index is 13.1. The van der Waals surface area contributed by atoms with E-state index in [1.807, 2.05) is 45.0 Å². The molecule has 37 heavy (non-hydrogen) atoms. The Balaban J connectivity index is 1.31. The molecule has 9 nitrogen and oxygen atoms in total. The number of hydrogen-bond donors (Lipinski definition) is 1. The Labute approximate surface area is 225 Å². The van der Waals surface area contributed by atoms with Gasteiger partial charge in [-0.15, -0.1) is 0 Å². The van der Waals surface area contributed by atoms with Crippen LogP contribution in [-0.4, -0.2) is 50.6 Å². The summed E-state index contributed by atoms with van der Waals surface area (Å²) in [7, 11) is 0. The molecule has 0 spiro atoms. The van der Waals surface area contributed by atoms with Crippen LogP contribution >= 0.6 is 23.2 Å². The second kappa shape index (κ2) is 9.87. The van der Waals surface area contributed by atoms with E-state index in [2.05, 4.69) is 15.3 Å². The van der Waals surface area contributed by atoms with E-state index in [0.29, 0.717) is 35.3 Å². The first-order valence-corrected chi connectivity index (χ1v) is 12.8. The first kappa shape index (κ1) is 25.4. The van der Waals surface area contributed by atoms with Gasteiger partial charge in [0.25, 0.3) is 5.91 Å². The van der Waals surface area contributed by atoms with Gasteiger partial charge in [-0.3, -0.25) is 9.69 Å². The number of nitrogens with zero attached hydrogens (tertiary/aromatic N) is 4. The van der Waals surface area contributed by atoms with E-state index in [4.69, 9.17) is 32.7 Å². The van der Waals surface area contributed by atoms with Crippen molar-refractivity contribution in [2.45, 2.75) is 52.2 Å². The number of halogens is 2. The molecule has 0 radical (unpaired) electrons. The van der Waals surface area contributed by atoms with Crippen molar-refractivity contribution in [2.24, 2.45) is 0 Å². The first-order chi connectivity index (χ1) is 17.6. The molecule has 0 saturated heterocycles. The largest absolute Gasteiger partial charge is 0.455 e. The van der Waals surface area contributed by atoms with Crippen LogP contribution < -0.4 is 10.1 Å². The van der Waals surface area contributed by atoms with Crippen LogP contribution in [0.25, 0.3) is 0 Å². The van der Waals surface area contributed by atoms with Gasteiger partial charge in [-0.1, -0.05) is 35.3 Å². The molecule has 0 saturated carbocycles. The van der Waals surface area contributed by atoms with E-state index in [-0.39, 0.29) is 36.1 Å². The fourth-order valence-electron chi connectivity index (χ4n) is 4.37. The van der Waals surface area contributed by atoms with Gasteiger partial charge < -0.3 is 19.7 Å². The van der Waals surface area contributed by atoms with Crippen molar-refractivity contribution in [1.82, 2.24) is 19.8 Å². The SMILES string of the molecule is CC(C)(C)OC(=O)N1CCc2ccc(Nc3ncc4c(n3)OCN(C3=C(Cl)CCC=C3Cl)C4=O)cc2C1. The van der Waals surface area contributed by atoms with Crippen molar-refractivity contribution in [3.05, 3.63) is 62.9 Å². The molecule has 11 heteroatoms. The maximum Gasteiger partial charge on any atom is 0.410 e. The molecule has 194 valence electrons. The van der Waals surface area contributed by atoms with Gasteiger partial charge in [0, 0.05) is 30.0 Å². The Kier molecular flexibility index (Phi) is 6.76. The third-order valence-electron chi connectivity index (χ3n) is 6.13. The molecule has 2 aliphatic heterocycles. The van der Waals surface area contributed by atoms with E-state index in [1.165, 1.54) is 16.7 Å². The number of ether oxygens (including phenoxy) is 2. The smallest absolute Gasteiger partial charge is 0.410 e. The van der Waals surface area contributed by atoms with Crippen LogP contribution in [0.1, 0.15) is 55.1 Å². The zero-order valence-electron chi connectivity index (χ0n) is 20.8. The van der Waals surface area contributed by atoms with Crippen LogP contribution in [0.4, 0.5) is 16.4 Å². The fourth-order valence-corrected chi connectivity index (χ4v) is 5.06. The normalized spacial score (nSPS) is 17.5. The van der Waals surface area contributed by atoms with Gasteiger partial charge >= 0.3 is 6.09 Å². The van der Waals surface area contributed by atoms with Crippen molar-refractivity contribution in [1.29, 1.82) is 0 Å². The molecule has 3 heterocycles. The number of benzene rings is 1. The second-order valence-electron chi connectivity index (χ2n) is 10.0. The van der Waals surface area contributed by atoms with E-state index < -0.39 is 5.60 Å². The highest BCUT2D eigenvalue weighted by Gasteiger charge is 2.33. The number of carbonyl (C=O) groups is 2. The van der Waals surface area contributed by atoms with Gasteiger partial charge in [-0.05, 0) is 63.3 Å². The average Bonchev–Trinajstić information content (AvgIpc) is 2.84. The van der Waals surface area contributed by atoms with Crippen LogP contribution in [0.15, 0.2) is 46.2 Å². The highest BCUT2D eigenvalue weighted by Crippen LogP contribution is 2.36. The molecule has 2 aromatic rings. The second-order valence-corrected chi connectivity index (χ2v) is 10.9. The lowest BCUT2D eigenvalue weighted by molar-refractivity contribution is 0.0224. The van der Waals surface area contributed by atoms with Crippen molar-refractivity contribution in [3.63, 3.8) is 0 Å². The molecule has 5 rings (SSSR count). The molecule has 0 bridgehead atoms. The maximum atomic E-state index is 13.1. The summed E-state index contributed by atoms with van der Waals surface area (Å²) in [5.41, 5.74) is 3.08.